The normalized spacial score (nSPS) is 15.5. The number of hydrogen-bond donors (Lipinski definition) is 1. The molecule has 2 aromatic rings. The van der Waals surface area contributed by atoms with Crippen molar-refractivity contribution in [2.75, 3.05) is 6.54 Å². The Kier molecular flexibility index (Phi) is 4.42. The van der Waals surface area contributed by atoms with Gasteiger partial charge in [0.05, 0.1) is 0 Å². The van der Waals surface area contributed by atoms with E-state index < -0.39 is 17.5 Å². The van der Waals surface area contributed by atoms with Crippen LogP contribution in [0.5, 0.6) is 0 Å². The van der Waals surface area contributed by atoms with Gasteiger partial charge in [-0.2, -0.15) is 0 Å². The van der Waals surface area contributed by atoms with E-state index >= 15 is 0 Å². The van der Waals surface area contributed by atoms with Gasteiger partial charge in [0.2, 0.25) is 5.91 Å². The largest absolute Gasteiger partial charge is 0.352 e. The highest BCUT2D eigenvalue weighted by molar-refractivity contribution is 5.91. The molecule has 0 aromatic heterocycles. The van der Waals surface area contributed by atoms with Gasteiger partial charge in [-0.05, 0) is 48.7 Å². The number of carbonyl (C=O) groups excluding carboxylic acids is 1. The molecule has 0 bridgehead atoms. The van der Waals surface area contributed by atoms with Crippen LogP contribution in [0.3, 0.4) is 0 Å². The van der Waals surface area contributed by atoms with E-state index in [1.54, 1.807) is 12.1 Å². The summed E-state index contributed by atoms with van der Waals surface area (Å²) in [5.41, 5.74) is 0.570. The van der Waals surface area contributed by atoms with Crippen molar-refractivity contribution in [1.82, 2.24) is 5.32 Å². The maximum Gasteiger partial charge on any atom is 0.244 e. The minimum Gasteiger partial charge on any atom is -0.352 e. The van der Waals surface area contributed by atoms with E-state index in [1.807, 2.05) is 0 Å². The SMILES string of the molecule is O=C(C=Cc1c(F)cccc1F)NCC1(c2ccc(F)cc2)CC1. The fraction of sp³-hybridized carbons (Fsp3) is 0.211. The van der Waals surface area contributed by atoms with Crippen LogP contribution in [0.25, 0.3) is 6.08 Å². The van der Waals surface area contributed by atoms with Gasteiger partial charge < -0.3 is 5.32 Å². The van der Waals surface area contributed by atoms with Gasteiger partial charge in [-0.1, -0.05) is 18.2 Å². The topological polar surface area (TPSA) is 29.1 Å². The quantitative estimate of drug-likeness (QED) is 0.826. The monoisotopic (exact) mass is 331 g/mol. The lowest BCUT2D eigenvalue weighted by atomic mass is 9.96. The summed E-state index contributed by atoms with van der Waals surface area (Å²) in [5.74, 6) is -2.16. The molecule has 1 aliphatic rings. The minimum atomic E-state index is -0.718. The summed E-state index contributed by atoms with van der Waals surface area (Å²) in [6, 6.07) is 9.78. The van der Waals surface area contributed by atoms with Crippen molar-refractivity contribution in [1.29, 1.82) is 0 Å². The summed E-state index contributed by atoms with van der Waals surface area (Å²) in [6.07, 6.45) is 4.05. The van der Waals surface area contributed by atoms with E-state index in [0.717, 1.165) is 42.7 Å². The van der Waals surface area contributed by atoms with Crippen molar-refractivity contribution in [2.45, 2.75) is 18.3 Å². The molecule has 2 aromatic carbocycles. The number of rotatable bonds is 5. The van der Waals surface area contributed by atoms with E-state index in [0.29, 0.717) is 6.54 Å². The second-order valence-electron chi connectivity index (χ2n) is 5.97. The standard InChI is InChI=1S/C19H16F3NO/c20-14-6-4-13(5-7-14)19(10-11-19)12-23-18(24)9-8-15-16(21)2-1-3-17(15)22/h1-9H,10-12H2,(H,23,24). The van der Waals surface area contributed by atoms with E-state index in [1.165, 1.54) is 18.2 Å². The van der Waals surface area contributed by atoms with Crippen LogP contribution in [0.2, 0.25) is 0 Å². The summed E-state index contributed by atoms with van der Waals surface area (Å²) >= 11 is 0. The highest BCUT2D eigenvalue weighted by Crippen LogP contribution is 2.47. The van der Waals surface area contributed by atoms with Crippen LogP contribution in [0, 0.1) is 17.5 Å². The average Bonchev–Trinajstić information content (AvgIpc) is 3.34. The summed E-state index contributed by atoms with van der Waals surface area (Å²) in [7, 11) is 0. The number of amides is 1. The highest BCUT2D eigenvalue weighted by atomic mass is 19.1. The number of carbonyl (C=O) groups is 1. The Morgan fingerprint density at radius 3 is 2.25 bits per heavy atom. The van der Waals surface area contributed by atoms with Crippen LogP contribution in [-0.2, 0) is 10.2 Å². The Morgan fingerprint density at radius 2 is 1.67 bits per heavy atom. The molecule has 1 fully saturated rings. The van der Waals surface area contributed by atoms with Crippen molar-refractivity contribution in [2.24, 2.45) is 0 Å². The van der Waals surface area contributed by atoms with Gasteiger partial charge in [0.1, 0.15) is 17.5 Å². The lowest BCUT2D eigenvalue weighted by Gasteiger charge is -2.16. The summed E-state index contributed by atoms with van der Waals surface area (Å²) in [4.78, 5) is 11.9. The van der Waals surface area contributed by atoms with Gasteiger partial charge >= 0.3 is 0 Å². The molecule has 0 heterocycles. The molecule has 3 rings (SSSR count). The molecule has 0 atom stereocenters. The fourth-order valence-corrected chi connectivity index (χ4v) is 2.67. The third-order valence-electron chi connectivity index (χ3n) is 4.31. The molecule has 0 saturated heterocycles. The Labute approximate surface area is 138 Å². The fourth-order valence-electron chi connectivity index (χ4n) is 2.67. The molecule has 1 amide bonds. The summed E-state index contributed by atoms with van der Waals surface area (Å²) < 4.78 is 40.0. The number of hydrogen-bond acceptors (Lipinski definition) is 1. The molecular weight excluding hydrogens is 315 g/mol. The van der Waals surface area contributed by atoms with Gasteiger partial charge in [0, 0.05) is 23.6 Å². The molecule has 0 unspecified atom stereocenters. The van der Waals surface area contributed by atoms with Gasteiger partial charge in [0.15, 0.2) is 0 Å². The molecule has 5 heteroatoms. The Morgan fingerprint density at radius 1 is 1.04 bits per heavy atom. The van der Waals surface area contributed by atoms with Crippen LogP contribution < -0.4 is 5.32 Å². The van der Waals surface area contributed by atoms with Crippen LogP contribution in [-0.4, -0.2) is 12.5 Å². The highest BCUT2D eigenvalue weighted by Gasteiger charge is 2.44. The zero-order chi connectivity index (χ0) is 17.2. The van der Waals surface area contributed by atoms with Gasteiger partial charge in [-0.25, -0.2) is 13.2 Å². The molecule has 124 valence electrons. The first-order valence-corrected chi connectivity index (χ1v) is 7.66. The predicted octanol–water partition coefficient (Wildman–Crippen LogP) is 3.97. The maximum absolute atomic E-state index is 13.5. The number of nitrogens with one attached hydrogen (secondary N) is 1. The Hall–Kier alpha value is -2.56. The van der Waals surface area contributed by atoms with Crippen LogP contribution >= 0.6 is 0 Å². The maximum atomic E-state index is 13.5. The van der Waals surface area contributed by atoms with Crippen molar-refractivity contribution >= 4 is 12.0 Å². The third kappa shape index (κ3) is 3.50. The first-order valence-electron chi connectivity index (χ1n) is 7.66. The second kappa shape index (κ2) is 6.51. The smallest absolute Gasteiger partial charge is 0.244 e. The predicted molar refractivity (Wildman–Crippen MR) is 85.7 cm³/mol. The van der Waals surface area contributed by atoms with Crippen molar-refractivity contribution in [3.8, 4) is 0 Å². The molecule has 2 nitrogen and oxygen atoms in total. The first-order chi connectivity index (χ1) is 11.5. The molecule has 1 aliphatic carbocycles. The number of benzene rings is 2. The number of halogens is 3. The molecule has 1 saturated carbocycles. The van der Waals surface area contributed by atoms with Gasteiger partial charge in [-0.3, -0.25) is 4.79 Å². The third-order valence-corrected chi connectivity index (χ3v) is 4.31. The van der Waals surface area contributed by atoms with Crippen LogP contribution in [0.15, 0.2) is 48.5 Å². The van der Waals surface area contributed by atoms with E-state index in [-0.39, 0.29) is 16.8 Å². The Bertz CT molecular complexity index is 759. The van der Waals surface area contributed by atoms with Crippen molar-refractivity contribution in [3.05, 3.63) is 77.1 Å². The molecule has 1 N–H and O–H groups in total. The van der Waals surface area contributed by atoms with Crippen LogP contribution in [0.1, 0.15) is 24.0 Å². The molecule has 0 spiro atoms. The molecule has 0 radical (unpaired) electrons. The van der Waals surface area contributed by atoms with E-state index in [2.05, 4.69) is 5.32 Å². The lowest BCUT2D eigenvalue weighted by molar-refractivity contribution is -0.116. The Balaban J connectivity index is 1.62. The second-order valence-corrected chi connectivity index (χ2v) is 5.97. The molecule has 24 heavy (non-hydrogen) atoms. The average molecular weight is 331 g/mol. The zero-order valence-electron chi connectivity index (χ0n) is 12.9. The van der Waals surface area contributed by atoms with Crippen molar-refractivity contribution < 1.29 is 18.0 Å². The summed E-state index contributed by atoms with van der Waals surface area (Å²) in [5, 5.41) is 2.74. The van der Waals surface area contributed by atoms with E-state index in [9.17, 15) is 18.0 Å². The zero-order valence-corrected chi connectivity index (χ0v) is 12.9. The lowest BCUT2D eigenvalue weighted by Crippen LogP contribution is -2.31. The van der Waals surface area contributed by atoms with E-state index in [4.69, 9.17) is 0 Å². The minimum absolute atomic E-state index is 0.166. The summed E-state index contributed by atoms with van der Waals surface area (Å²) in [6.45, 7) is 0.404. The molecular formula is C19H16F3NO. The van der Waals surface area contributed by atoms with Crippen LogP contribution in [0.4, 0.5) is 13.2 Å². The molecule has 0 aliphatic heterocycles. The first kappa shape index (κ1) is 16.3. The van der Waals surface area contributed by atoms with Crippen molar-refractivity contribution in [3.63, 3.8) is 0 Å². The van der Waals surface area contributed by atoms with Gasteiger partial charge in [-0.15, -0.1) is 0 Å². The van der Waals surface area contributed by atoms with Gasteiger partial charge in [0.25, 0.3) is 0 Å².